The van der Waals surface area contributed by atoms with E-state index in [1.165, 1.54) is 11.4 Å². The zero-order chi connectivity index (χ0) is 13.6. The van der Waals surface area contributed by atoms with Gasteiger partial charge in [0, 0.05) is 11.4 Å². The number of hydrogen-bond acceptors (Lipinski definition) is 4. The average Bonchev–Trinajstić information content (AvgIpc) is 3.24. The summed E-state index contributed by atoms with van der Waals surface area (Å²) in [6.07, 6.45) is 4.37. The summed E-state index contributed by atoms with van der Waals surface area (Å²) >= 11 is 0.960. The van der Waals surface area contributed by atoms with Crippen LogP contribution in [0.1, 0.15) is 36.0 Å². The predicted octanol–water partition coefficient (Wildman–Crippen LogP) is 1.91. The molecule has 104 valence electrons. The van der Waals surface area contributed by atoms with Crippen LogP contribution in [0.15, 0.2) is 15.7 Å². The van der Waals surface area contributed by atoms with Gasteiger partial charge in [0.25, 0.3) is 0 Å². The largest absolute Gasteiger partial charge is 0.478 e. The van der Waals surface area contributed by atoms with Crippen molar-refractivity contribution in [2.75, 3.05) is 0 Å². The lowest BCUT2D eigenvalue weighted by Crippen LogP contribution is -2.37. The molecule has 7 heteroatoms. The molecular formula is C12H15NO4S2. The van der Waals surface area contributed by atoms with E-state index >= 15 is 0 Å². The number of carboxylic acids is 1. The van der Waals surface area contributed by atoms with Gasteiger partial charge in [-0.3, -0.25) is 0 Å². The van der Waals surface area contributed by atoms with E-state index in [2.05, 4.69) is 4.72 Å². The third kappa shape index (κ3) is 2.82. The van der Waals surface area contributed by atoms with Crippen molar-refractivity contribution >= 4 is 27.3 Å². The standard InChI is InChI=1S/C12H15NO4S2/c14-12(15)9-5-10(18-6-9)19(16,17)13-11(7-1-2-7)8-3-4-8/h5-8,11,13H,1-4H2,(H,14,15). The van der Waals surface area contributed by atoms with Crippen LogP contribution >= 0.6 is 11.3 Å². The quantitative estimate of drug-likeness (QED) is 0.840. The van der Waals surface area contributed by atoms with Gasteiger partial charge >= 0.3 is 5.97 Å². The Morgan fingerprint density at radius 2 is 1.89 bits per heavy atom. The molecule has 5 nitrogen and oxygen atoms in total. The van der Waals surface area contributed by atoms with Crippen LogP contribution < -0.4 is 4.72 Å². The maximum atomic E-state index is 12.2. The summed E-state index contributed by atoms with van der Waals surface area (Å²) in [7, 11) is -3.58. The minimum atomic E-state index is -3.58. The fraction of sp³-hybridized carbons (Fsp3) is 0.583. The third-order valence-corrected chi connectivity index (χ3v) is 6.54. The van der Waals surface area contributed by atoms with Gasteiger partial charge in [0.15, 0.2) is 0 Å². The molecule has 2 fully saturated rings. The summed E-state index contributed by atoms with van der Waals surface area (Å²) in [6.45, 7) is 0. The summed E-state index contributed by atoms with van der Waals surface area (Å²) in [5.74, 6) is -0.152. The van der Waals surface area contributed by atoms with Crippen LogP contribution in [0.25, 0.3) is 0 Å². The Hall–Kier alpha value is -0.920. The molecule has 0 aromatic carbocycles. The molecular weight excluding hydrogens is 286 g/mol. The molecule has 0 bridgehead atoms. The van der Waals surface area contributed by atoms with E-state index in [0.29, 0.717) is 11.8 Å². The van der Waals surface area contributed by atoms with Gasteiger partial charge in [0.2, 0.25) is 10.0 Å². The second kappa shape index (κ2) is 4.57. The number of carbonyl (C=O) groups is 1. The number of aromatic carboxylic acids is 1. The number of sulfonamides is 1. The first-order chi connectivity index (χ1) is 8.97. The molecule has 0 atom stereocenters. The minimum absolute atomic E-state index is 0.0276. The SMILES string of the molecule is O=C(O)c1csc(S(=O)(=O)NC(C2CC2)C2CC2)c1. The lowest BCUT2D eigenvalue weighted by atomic mass is 10.1. The normalized spacial score (nSPS) is 19.8. The number of thiophene rings is 1. The highest BCUT2D eigenvalue weighted by molar-refractivity contribution is 7.91. The predicted molar refractivity (Wildman–Crippen MR) is 70.8 cm³/mol. The summed E-state index contributed by atoms with van der Waals surface area (Å²) in [6, 6.07) is 1.27. The second-order valence-corrected chi connectivity index (χ2v) is 8.13. The van der Waals surface area contributed by atoms with E-state index in [4.69, 9.17) is 5.11 Å². The van der Waals surface area contributed by atoms with E-state index in [9.17, 15) is 13.2 Å². The van der Waals surface area contributed by atoms with Gasteiger partial charge < -0.3 is 5.11 Å². The maximum Gasteiger partial charge on any atom is 0.336 e. The number of rotatable bonds is 6. The van der Waals surface area contributed by atoms with Gasteiger partial charge in [-0.1, -0.05) is 0 Å². The Morgan fingerprint density at radius 3 is 2.32 bits per heavy atom. The molecule has 0 aliphatic heterocycles. The van der Waals surface area contributed by atoms with Gasteiger partial charge in [-0.2, -0.15) is 0 Å². The molecule has 1 aromatic rings. The van der Waals surface area contributed by atoms with Gasteiger partial charge in [0.1, 0.15) is 4.21 Å². The Balaban J connectivity index is 1.78. The second-order valence-electron chi connectivity index (χ2n) is 5.28. The van der Waals surface area contributed by atoms with Crippen molar-refractivity contribution in [3.8, 4) is 0 Å². The molecule has 1 aromatic heterocycles. The Bertz CT molecular complexity index is 587. The van der Waals surface area contributed by atoms with Gasteiger partial charge in [0.05, 0.1) is 5.56 Å². The van der Waals surface area contributed by atoms with E-state index < -0.39 is 16.0 Å². The molecule has 0 amide bonds. The van der Waals surface area contributed by atoms with Crippen LogP contribution in [0.5, 0.6) is 0 Å². The van der Waals surface area contributed by atoms with Gasteiger partial charge in [-0.05, 0) is 43.6 Å². The fourth-order valence-corrected chi connectivity index (χ4v) is 4.84. The van der Waals surface area contributed by atoms with Gasteiger partial charge in [-0.25, -0.2) is 17.9 Å². The molecule has 19 heavy (non-hydrogen) atoms. The molecule has 1 heterocycles. The molecule has 0 spiro atoms. The Kier molecular flexibility index (Phi) is 3.15. The van der Waals surface area contributed by atoms with E-state index in [-0.39, 0.29) is 15.8 Å². The lowest BCUT2D eigenvalue weighted by Gasteiger charge is -2.16. The highest BCUT2D eigenvalue weighted by atomic mass is 32.2. The lowest BCUT2D eigenvalue weighted by molar-refractivity contribution is 0.0697. The first-order valence-electron chi connectivity index (χ1n) is 6.31. The van der Waals surface area contributed by atoms with Gasteiger partial charge in [-0.15, -0.1) is 11.3 Å². The third-order valence-electron chi connectivity index (χ3n) is 3.64. The molecule has 2 N–H and O–H groups in total. The summed E-state index contributed by atoms with van der Waals surface area (Å²) in [5.41, 5.74) is 0.0276. The highest BCUT2D eigenvalue weighted by Crippen LogP contribution is 2.45. The van der Waals surface area contributed by atoms with Crippen molar-refractivity contribution in [1.29, 1.82) is 0 Å². The molecule has 0 unspecified atom stereocenters. The van der Waals surface area contributed by atoms with Crippen LogP contribution in [0.2, 0.25) is 0 Å². The average molecular weight is 301 g/mol. The summed E-state index contributed by atoms with van der Waals surface area (Å²) < 4.78 is 27.4. The minimum Gasteiger partial charge on any atom is -0.478 e. The molecule has 2 aliphatic rings. The number of carboxylic acid groups (broad SMARTS) is 1. The van der Waals surface area contributed by atoms with Crippen LogP contribution in [0.4, 0.5) is 0 Å². The van der Waals surface area contributed by atoms with Crippen molar-refractivity contribution < 1.29 is 18.3 Å². The first-order valence-corrected chi connectivity index (χ1v) is 8.68. The molecule has 0 saturated heterocycles. The molecule has 2 saturated carbocycles. The molecule has 2 aliphatic carbocycles. The summed E-state index contributed by atoms with van der Waals surface area (Å²) in [4.78, 5) is 10.8. The molecule has 3 rings (SSSR count). The van der Waals surface area contributed by atoms with Crippen LogP contribution in [-0.2, 0) is 10.0 Å². The smallest absolute Gasteiger partial charge is 0.336 e. The number of nitrogens with one attached hydrogen (secondary N) is 1. The van der Waals surface area contributed by atoms with Crippen molar-refractivity contribution in [3.63, 3.8) is 0 Å². The Labute approximate surface area is 115 Å². The highest BCUT2D eigenvalue weighted by Gasteiger charge is 2.43. The Morgan fingerprint density at radius 1 is 1.32 bits per heavy atom. The fourth-order valence-electron chi connectivity index (χ4n) is 2.29. The maximum absolute atomic E-state index is 12.2. The van der Waals surface area contributed by atoms with Crippen LogP contribution in [0.3, 0.4) is 0 Å². The topological polar surface area (TPSA) is 83.5 Å². The zero-order valence-corrected chi connectivity index (χ0v) is 11.8. The summed E-state index contributed by atoms with van der Waals surface area (Å²) in [5, 5.41) is 10.2. The van der Waals surface area contributed by atoms with Crippen LogP contribution in [0, 0.1) is 11.8 Å². The number of hydrogen-bond donors (Lipinski definition) is 2. The zero-order valence-electron chi connectivity index (χ0n) is 10.2. The van der Waals surface area contributed by atoms with Crippen molar-refractivity contribution in [1.82, 2.24) is 4.72 Å². The monoisotopic (exact) mass is 301 g/mol. The molecule has 0 radical (unpaired) electrons. The first kappa shape index (κ1) is 13.1. The van der Waals surface area contributed by atoms with Crippen molar-refractivity contribution in [3.05, 3.63) is 17.0 Å². The van der Waals surface area contributed by atoms with Crippen molar-refractivity contribution in [2.24, 2.45) is 11.8 Å². The van der Waals surface area contributed by atoms with E-state index in [1.807, 2.05) is 0 Å². The van der Waals surface area contributed by atoms with Crippen LogP contribution in [-0.4, -0.2) is 25.5 Å². The van der Waals surface area contributed by atoms with E-state index in [1.54, 1.807) is 0 Å². The van der Waals surface area contributed by atoms with Crippen molar-refractivity contribution in [2.45, 2.75) is 35.9 Å². The van der Waals surface area contributed by atoms with E-state index in [0.717, 1.165) is 37.0 Å².